The fourth-order valence-electron chi connectivity index (χ4n) is 5.01. The third-order valence-electron chi connectivity index (χ3n) is 8.35. The zero-order valence-corrected chi connectivity index (χ0v) is 28.0. The lowest BCUT2D eigenvalue weighted by atomic mass is 9.98. The number of Topliss-reactive ketones (excluding diaryl/α,β-unsaturated/α-hetero) is 1. The van der Waals surface area contributed by atoms with Crippen LogP contribution in [-0.4, -0.2) is 32.1 Å². The molecule has 1 aromatic carbocycles. The minimum absolute atomic E-state index is 0.0854. The van der Waals surface area contributed by atoms with E-state index in [4.69, 9.17) is 13.9 Å². The highest BCUT2D eigenvalue weighted by Crippen LogP contribution is 2.37. The zero-order valence-electron chi connectivity index (χ0n) is 27.0. The first kappa shape index (κ1) is 34.6. The van der Waals surface area contributed by atoms with Gasteiger partial charge < -0.3 is 13.9 Å². The molecule has 0 saturated carbocycles. The molecule has 4 nitrogen and oxygen atoms in total. The SMILES string of the molecule is CCCCCCCCCCCCC[C@@H]1C[C@@H](CC(=O)C#Cc2ccc(O[Si](C)(C)C(C)(C)C)cc2)OC(C)(C)O1. The molecule has 2 rings (SSSR count). The van der Waals surface area contributed by atoms with E-state index in [0.717, 1.165) is 24.2 Å². The number of hydrogen-bond acceptors (Lipinski definition) is 4. The average Bonchev–Trinajstić information content (AvgIpc) is 2.85. The molecule has 1 aliphatic rings. The van der Waals surface area contributed by atoms with Crippen LogP contribution in [0.25, 0.3) is 0 Å². The van der Waals surface area contributed by atoms with E-state index in [1.165, 1.54) is 70.6 Å². The van der Waals surface area contributed by atoms with E-state index >= 15 is 0 Å². The van der Waals surface area contributed by atoms with Crippen LogP contribution < -0.4 is 4.43 Å². The van der Waals surface area contributed by atoms with Crippen LogP contribution in [0.5, 0.6) is 5.75 Å². The Morgan fingerprint density at radius 3 is 1.98 bits per heavy atom. The fraction of sp³-hybridized carbons (Fsp3) is 0.743. The number of ether oxygens (including phenoxy) is 2. The molecule has 1 saturated heterocycles. The van der Waals surface area contributed by atoms with Gasteiger partial charge in [-0.15, -0.1) is 0 Å². The van der Waals surface area contributed by atoms with Crippen molar-refractivity contribution in [3.63, 3.8) is 0 Å². The fourth-order valence-corrected chi connectivity index (χ4v) is 6.04. The Hall–Kier alpha value is -1.61. The van der Waals surface area contributed by atoms with E-state index < -0.39 is 14.1 Å². The Morgan fingerprint density at radius 1 is 0.900 bits per heavy atom. The number of hydrogen-bond donors (Lipinski definition) is 0. The zero-order chi connectivity index (χ0) is 29.7. The molecule has 5 heteroatoms. The van der Waals surface area contributed by atoms with Crippen LogP contribution in [0.15, 0.2) is 24.3 Å². The minimum atomic E-state index is -1.88. The van der Waals surface area contributed by atoms with Crippen LogP contribution in [0, 0.1) is 11.8 Å². The second-order valence-electron chi connectivity index (χ2n) is 13.7. The second-order valence-corrected chi connectivity index (χ2v) is 18.4. The predicted molar refractivity (Wildman–Crippen MR) is 170 cm³/mol. The number of rotatable bonds is 16. The van der Waals surface area contributed by atoms with Crippen LogP contribution in [0.3, 0.4) is 0 Å². The second kappa shape index (κ2) is 16.7. The number of carbonyl (C=O) groups is 1. The van der Waals surface area contributed by atoms with Gasteiger partial charge in [0.15, 0.2) is 5.79 Å². The van der Waals surface area contributed by atoms with Gasteiger partial charge in [0.1, 0.15) is 5.75 Å². The lowest BCUT2D eigenvalue weighted by molar-refractivity contribution is -0.299. The van der Waals surface area contributed by atoms with Crippen molar-refractivity contribution in [1.29, 1.82) is 0 Å². The van der Waals surface area contributed by atoms with Crippen molar-refractivity contribution in [2.75, 3.05) is 0 Å². The van der Waals surface area contributed by atoms with Crippen molar-refractivity contribution >= 4 is 14.1 Å². The van der Waals surface area contributed by atoms with Gasteiger partial charge in [-0.25, -0.2) is 0 Å². The highest BCUT2D eigenvalue weighted by Gasteiger charge is 2.39. The van der Waals surface area contributed by atoms with Crippen molar-refractivity contribution < 1.29 is 18.7 Å². The van der Waals surface area contributed by atoms with Crippen molar-refractivity contribution in [1.82, 2.24) is 0 Å². The summed E-state index contributed by atoms with van der Waals surface area (Å²) < 4.78 is 18.6. The summed E-state index contributed by atoms with van der Waals surface area (Å²) in [5.74, 6) is 5.97. The molecule has 40 heavy (non-hydrogen) atoms. The molecule has 1 fully saturated rings. The van der Waals surface area contributed by atoms with Gasteiger partial charge in [-0.2, -0.15) is 0 Å². The third-order valence-corrected chi connectivity index (χ3v) is 12.7. The molecule has 2 atom stereocenters. The molecule has 226 valence electrons. The maximum Gasteiger partial charge on any atom is 0.250 e. The molecular weight excluding hydrogens is 512 g/mol. The summed E-state index contributed by atoms with van der Waals surface area (Å²) >= 11 is 0. The Morgan fingerprint density at radius 2 is 1.43 bits per heavy atom. The molecule has 0 unspecified atom stereocenters. The molecule has 0 N–H and O–H groups in total. The van der Waals surface area contributed by atoms with E-state index in [0.29, 0.717) is 6.42 Å². The Bertz CT molecular complexity index is 933. The quantitative estimate of drug-likeness (QED) is 0.113. The Balaban J connectivity index is 1.73. The Kier molecular flexibility index (Phi) is 14.5. The number of benzene rings is 1. The maximum absolute atomic E-state index is 12.7. The maximum atomic E-state index is 12.7. The first-order chi connectivity index (χ1) is 18.8. The van der Waals surface area contributed by atoms with E-state index in [9.17, 15) is 4.79 Å². The topological polar surface area (TPSA) is 44.8 Å². The molecule has 1 heterocycles. The van der Waals surface area contributed by atoms with Gasteiger partial charge in [0.25, 0.3) is 0 Å². The van der Waals surface area contributed by atoms with Crippen molar-refractivity contribution in [2.45, 2.75) is 168 Å². The van der Waals surface area contributed by atoms with Crippen molar-refractivity contribution in [3.05, 3.63) is 29.8 Å². The highest BCUT2D eigenvalue weighted by atomic mass is 28.4. The molecule has 0 spiro atoms. The molecular formula is C35H58O4Si. The van der Waals surface area contributed by atoms with Crippen LogP contribution in [0.1, 0.15) is 137 Å². The standard InChI is InChI=1S/C35H58O4Si/c1-9-10-11-12-13-14-15-16-17-18-19-20-32-28-33(38-35(5,6)37-32)27-30(36)24-21-29-22-25-31(26-23-29)39-40(7,8)34(2,3)4/h22-23,25-26,32-33H,9-20,27-28H2,1-8H3/t32-,33-/m1/s1. The minimum Gasteiger partial charge on any atom is -0.544 e. The first-order valence-electron chi connectivity index (χ1n) is 16.0. The summed E-state index contributed by atoms with van der Waals surface area (Å²) in [6.45, 7) is 17.4. The molecule has 1 aromatic rings. The summed E-state index contributed by atoms with van der Waals surface area (Å²) in [5.41, 5.74) is 0.818. The third kappa shape index (κ3) is 13.4. The summed E-state index contributed by atoms with van der Waals surface area (Å²) in [5, 5.41) is 0.143. The molecule has 1 aliphatic heterocycles. The average molecular weight is 571 g/mol. The van der Waals surface area contributed by atoms with Crippen molar-refractivity contribution in [2.24, 2.45) is 0 Å². The molecule has 0 bridgehead atoms. The lowest BCUT2D eigenvalue weighted by Gasteiger charge is -2.40. The molecule has 0 aromatic heterocycles. The van der Waals surface area contributed by atoms with Gasteiger partial charge in [-0.05, 0) is 68.6 Å². The van der Waals surface area contributed by atoms with Gasteiger partial charge in [-0.1, -0.05) is 104 Å². The highest BCUT2D eigenvalue weighted by molar-refractivity contribution is 6.74. The lowest BCUT2D eigenvalue weighted by Crippen LogP contribution is -2.45. The van der Waals surface area contributed by atoms with Gasteiger partial charge in [0, 0.05) is 18.4 Å². The van der Waals surface area contributed by atoms with Crippen LogP contribution in [0.2, 0.25) is 18.1 Å². The predicted octanol–water partition coefficient (Wildman–Crippen LogP) is 9.99. The normalized spacial score (nSPS) is 19.1. The summed E-state index contributed by atoms with van der Waals surface area (Å²) in [7, 11) is -1.88. The molecule has 0 aliphatic carbocycles. The number of ketones is 1. The van der Waals surface area contributed by atoms with E-state index in [1.807, 2.05) is 38.1 Å². The summed E-state index contributed by atoms with van der Waals surface area (Å²) in [4.78, 5) is 12.7. The van der Waals surface area contributed by atoms with Gasteiger partial charge in [0.05, 0.1) is 12.2 Å². The Labute approximate surface area is 247 Å². The van der Waals surface area contributed by atoms with Crippen LogP contribution in [-0.2, 0) is 14.3 Å². The molecule has 0 radical (unpaired) electrons. The van der Waals surface area contributed by atoms with Crippen LogP contribution >= 0.6 is 0 Å². The van der Waals surface area contributed by atoms with E-state index in [-0.39, 0.29) is 23.0 Å². The monoisotopic (exact) mass is 570 g/mol. The summed E-state index contributed by atoms with van der Waals surface area (Å²) in [6.07, 6.45) is 16.8. The van der Waals surface area contributed by atoms with E-state index in [1.54, 1.807) is 0 Å². The van der Waals surface area contributed by atoms with Crippen molar-refractivity contribution in [3.8, 4) is 17.6 Å². The van der Waals surface area contributed by atoms with Gasteiger partial charge in [-0.3, -0.25) is 4.79 Å². The largest absolute Gasteiger partial charge is 0.544 e. The smallest absolute Gasteiger partial charge is 0.250 e. The molecule has 0 amide bonds. The van der Waals surface area contributed by atoms with Gasteiger partial charge in [0.2, 0.25) is 14.1 Å². The van der Waals surface area contributed by atoms with Crippen LogP contribution in [0.4, 0.5) is 0 Å². The van der Waals surface area contributed by atoms with E-state index in [2.05, 4.69) is 52.6 Å². The summed E-state index contributed by atoms with van der Waals surface area (Å²) in [6, 6.07) is 7.78. The van der Waals surface area contributed by atoms with Gasteiger partial charge >= 0.3 is 0 Å². The first-order valence-corrected chi connectivity index (χ1v) is 18.9. The number of unbranched alkanes of at least 4 members (excludes halogenated alkanes) is 10. The number of carbonyl (C=O) groups excluding carboxylic acids is 1.